The van der Waals surface area contributed by atoms with E-state index in [2.05, 4.69) is 16.0 Å². The minimum absolute atomic E-state index is 0.0709. The normalized spacial score (nSPS) is 11.3. The van der Waals surface area contributed by atoms with Gasteiger partial charge in [-0.3, -0.25) is 4.79 Å². The van der Waals surface area contributed by atoms with Crippen molar-refractivity contribution in [2.24, 2.45) is 0 Å². The third kappa shape index (κ3) is 5.52. The molecule has 1 aromatic carbocycles. The second-order valence-corrected chi connectivity index (χ2v) is 4.50. The number of anilines is 1. The zero-order valence-electron chi connectivity index (χ0n) is 12.0. The van der Waals surface area contributed by atoms with E-state index in [1.165, 1.54) is 18.2 Å². The Balaban J connectivity index is 2.55. The van der Waals surface area contributed by atoms with Gasteiger partial charge in [0.25, 0.3) is 0 Å². The first-order chi connectivity index (χ1) is 9.93. The second-order valence-electron chi connectivity index (χ2n) is 4.50. The Morgan fingerprint density at radius 1 is 1.29 bits per heavy atom. The van der Waals surface area contributed by atoms with Gasteiger partial charge in [0.15, 0.2) is 0 Å². The van der Waals surface area contributed by atoms with Crippen LogP contribution >= 0.6 is 0 Å². The Bertz CT molecular complexity index is 531. The van der Waals surface area contributed by atoms with Crippen molar-refractivity contribution in [3.63, 3.8) is 0 Å². The maximum atomic E-state index is 11.7. The van der Waals surface area contributed by atoms with E-state index < -0.39 is 18.0 Å². The highest BCUT2D eigenvalue weighted by Gasteiger charge is 2.15. The monoisotopic (exact) mass is 293 g/mol. The number of aromatic carboxylic acids is 1. The molecule has 0 bridgehead atoms. The molecule has 1 unspecified atom stereocenters. The summed E-state index contributed by atoms with van der Waals surface area (Å²) in [7, 11) is 0. The van der Waals surface area contributed by atoms with Crippen LogP contribution in [0.5, 0.6) is 0 Å². The zero-order valence-corrected chi connectivity index (χ0v) is 12.0. The first-order valence-electron chi connectivity index (χ1n) is 6.62. The molecule has 0 heterocycles. The minimum atomic E-state index is -1.08. The summed E-state index contributed by atoms with van der Waals surface area (Å²) in [5.74, 6) is -1.35. The number of carboxylic acids is 1. The van der Waals surface area contributed by atoms with Crippen molar-refractivity contribution in [3.8, 4) is 0 Å². The van der Waals surface area contributed by atoms with Gasteiger partial charge in [-0.25, -0.2) is 9.59 Å². The van der Waals surface area contributed by atoms with Crippen LogP contribution in [0.3, 0.4) is 0 Å². The van der Waals surface area contributed by atoms with Gasteiger partial charge < -0.3 is 21.1 Å². The lowest BCUT2D eigenvalue weighted by molar-refractivity contribution is -0.122. The molecule has 7 nitrogen and oxygen atoms in total. The van der Waals surface area contributed by atoms with Crippen LogP contribution in [0.2, 0.25) is 0 Å². The molecule has 1 rings (SSSR count). The molecule has 1 atom stereocenters. The van der Waals surface area contributed by atoms with E-state index in [-0.39, 0.29) is 11.5 Å². The Hall–Kier alpha value is -2.57. The van der Waals surface area contributed by atoms with Gasteiger partial charge in [-0.2, -0.15) is 0 Å². The van der Waals surface area contributed by atoms with Crippen LogP contribution in [-0.4, -0.2) is 35.6 Å². The standard InChI is InChI=1S/C14H19N3O4/c1-3-7-15-12(18)9(2)16-14(21)17-11-6-4-5-10(8-11)13(19)20/h4-6,8-9H,3,7H2,1-2H3,(H,15,18)(H,19,20)(H2,16,17,21). The van der Waals surface area contributed by atoms with Crippen LogP contribution in [0.1, 0.15) is 30.6 Å². The molecule has 21 heavy (non-hydrogen) atoms. The molecule has 0 aliphatic heterocycles. The van der Waals surface area contributed by atoms with Crippen LogP contribution < -0.4 is 16.0 Å². The van der Waals surface area contributed by atoms with Crippen molar-refractivity contribution < 1.29 is 19.5 Å². The number of hydrogen-bond acceptors (Lipinski definition) is 3. The van der Waals surface area contributed by atoms with Crippen molar-refractivity contribution in [2.45, 2.75) is 26.3 Å². The Morgan fingerprint density at radius 3 is 2.62 bits per heavy atom. The fourth-order valence-corrected chi connectivity index (χ4v) is 1.56. The summed E-state index contributed by atoms with van der Waals surface area (Å²) in [6.45, 7) is 4.05. The predicted molar refractivity (Wildman–Crippen MR) is 78.3 cm³/mol. The number of rotatable bonds is 6. The molecule has 0 saturated heterocycles. The lowest BCUT2D eigenvalue weighted by Crippen LogP contribution is -2.46. The highest BCUT2D eigenvalue weighted by molar-refractivity contribution is 5.95. The van der Waals surface area contributed by atoms with E-state index in [9.17, 15) is 14.4 Å². The summed E-state index contributed by atoms with van der Waals surface area (Å²) in [5.41, 5.74) is 0.412. The zero-order chi connectivity index (χ0) is 15.8. The fraction of sp³-hybridized carbons (Fsp3) is 0.357. The lowest BCUT2D eigenvalue weighted by Gasteiger charge is -2.14. The predicted octanol–water partition coefficient (Wildman–Crippen LogP) is 1.42. The van der Waals surface area contributed by atoms with E-state index >= 15 is 0 Å². The van der Waals surface area contributed by atoms with Gasteiger partial charge in [0.1, 0.15) is 6.04 Å². The molecule has 0 saturated carbocycles. The molecular weight excluding hydrogens is 274 g/mol. The van der Waals surface area contributed by atoms with Crippen molar-refractivity contribution >= 4 is 23.6 Å². The number of nitrogens with one attached hydrogen (secondary N) is 3. The molecule has 4 N–H and O–H groups in total. The van der Waals surface area contributed by atoms with Gasteiger partial charge in [-0.15, -0.1) is 0 Å². The minimum Gasteiger partial charge on any atom is -0.478 e. The number of benzene rings is 1. The number of carbonyl (C=O) groups excluding carboxylic acids is 2. The summed E-state index contributed by atoms with van der Waals surface area (Å²) in [4.78, 5) is 34.2. The van der Waals surface area contributed by atoms with Gasteiger partial charge in [-0.05, 0) is 31.5 Å². The molecule has 0 fully saturated rings. The van der Waals surface area contributed by atoms with Crippen LogP contribution in [-0.2, 0) is 4.79 Å². The molecule has 3 amide bonds. The summed E-state index contributed by atoms with van der Waals surface area (Å²) >= 11 is 0. The van der Waals surface area contributed by atoms with E-state index in [1.807, 2.05) is 6.92 Å². The lowest BCUT2D eigenvalue weighted by atomic mass is 10.2. The Morgan fingerprint density at radius 2 is 2.00 bits per heavy atom. The second kappa shape index (κ2) is 7.88. The molecule has 0 aliphatic rings. The van der Waals surface area contributed by atoms with Crippen molar-refractivity contribution in [1.29, 1.82) is 0 Å². The number of amides is 3. The quantitative estimate of drug-likeness (QED) is 0.636. The Kier molecular flexibility index (Phi) is 6.19. The molecule has 0 spiro atoms. The Labute approximate surface area is 122 Å². The highest BCUT2D eigenvalue weighted by atomic mass is 16.4. The number of hydrogen-bond donors (Lipinski definition) is 4. The molecule has 0 aliphatic carbocycles. The average molecular weight is 293 g/mol. The van der Waals surface area contributed by atoms with Crippen molar-refractivity contribution in [3.05, 3.63) is 29.8 Å². The first kappa shape index (κ1) is 16.5. The van der Waals surface area contributed by atoms with Crippen LogP contribution in [0, 0.1) is 0 Å². The summed E-state index contributed by atoms with van der Waals surface area (Å²) in [5, 5.41) is 16.5. The third-order valence-electron chi connectivity index (χ3n) is 2.66. The van der Waals surface area contributed by atoms with Crippen molar-refractivity contribution in [2.75, 3.05) is 11.9 Å². The fourth-order valence-electron chi connectivity index (χ4n) is 1.56. The summed E-state index contributed by atoms with van der Waals surface area (Å²) in [6, 6.07) is 4.59. The van der Waals surface area contributed by atoms with Crippen LogP contribution in [0.15, 0.2) is 24.3 Å². The van der Waals surface area contributed by atoms with Gasteiger partial charge in [0.2, 0.25) is 5.91 Å². The topological polar surface area (TPSA) is 108 Å². The smallest absolute Gasteiger partial charge is 0.335 e. The van der Waals surface area contributed by atoms with E-state index in [0.717, 1.165) is 6.42 Å². The molecule has 1 aromatic rings. The van der Waals surface area contributed by atoms with E-state index in [4.69, 9.17) is 5.11 Å². The van der Waals surface area contributed by atoms with E-state index in [0.29, 0.717) is 12.2 Å². The summed E-state index contributed by atoms with van der Waals surface area (Å²) in [6.07, 6.45) is 0.812. The summed E-state index contributed by atoms with van der Waals surface area (Å²) < 4.78 is 0. The van der Waals surface area contributed by atoms with Crippen LogP contribution in [0.25, 0.3) is 0 Å². The van der Waals surface area contributed by atoms with Crippen LogP contribution in [0.4, 0.5) is 10.5 Å². The largest absolute Gasteiger partial charge is 0.478 e. The maximum Gasteiger partial charge on any atom is 0.335 e. The maximum absolute atomic E-state index is 11.7. The highest BCUT2D eigenvalue weighted by Crippen LogP contribution is 2.10. The average Bonchev–Trinajstić information content (AvgIpc) is 2.44. The van der Waals surface area contributed by atoms with Crippen molar-refractivity contribution in [1.82, 2.24) is 10.6 Å². The van der Waals surface area contributed by atoms with Gasteiger partial charge in [0, 0.05) is 12.2 Å². The molecule has 0 radical (unpaired) electrons. The number of carboxylic acid groups (broad SMARTS) is 1. The molecular formula is C14H19N3O4. The van der Waals surface area contributed by atoms with Gasteiger partial charge >= 0.3 is 12.0 Å². The number of carbonyl (C=O) groups is 3. The third-order valence-corrected chi connectivity index (χ3v) is 2.66. The SMILES string of the molecule is CCCNC(=O)C(C)NC(=O)Nc1cccc(C(=O)O)c1. The van der Waals surface area contributed by atoms with E-state index in [1.54, 1.807) is 13.0 Å². The molecule has 7 heteroatoms. The first-order valence-corrected chi connectivity index (χ1v) is 6.62. The molecule has 0 aromatic heterocycles. The molecule has 114 valence electrons. The number of urea groups is 1. The van der Waals surface area contributed by atoms with Gasteiger partial charge in [-0.1, -0.05) is 13.0 Å². The van der Waals surface area contributed by atoms with Gasteiger partial charge in [0.05, 0.1) is 5.56 Å².